The van der Waals surface area contributed by atoms with Gasteiger partial charge in [0, 0.05) is 33.4 Å². The Labute approximate surface area is 315 Å². The second-order valence-corrected chi connectivity index (χ2v) is 14.0. The quantitative estimate of drug-likeness (QED) is 0.165. The Morgan fingerprint density at radius 1 is 0.370 bits per heavy atom. The molecular formula is C52H37NO. The number of anilines is 2. The molecule has 2 heteroatoms. The topological polar surface area (TPSA) is 16.4 Å². The third kappa shape index (κ3) is 5.79. The van der Waals surface area contributed by atoms with E-state index in [9.17, 15) is 0 Å². The Bertz CT molecular complexity index is 2830. The van der Waals surface area contributed by atoms with Crippen molar-refractivity contribution in [3.63, 3.8) is 0 Å². The van der Waals surface area contributed by atoms with E-state index in [0.29, 0.717) is 0 Å². The molecular weight excluding hydrogens is 655 g/mol. The van der Waals surface area contributed by atoms with E-state index in [-0.39, 0.29) is 0 Å². The molecule has 1 aromatic heterocycles. The van der Waals surface area contributed by atoms with Gasteiger partial charge in [0.15, 0.2) is 0 Å². The average Bonchev–Trinajstić information content (AvgIpc) is 3.64. The number of benzene rings is 8. The van der Waals surface area contributed by atoms with Crippen LogP contribution in [0.2, 0.25) is 0 Å². The van der Waals surface area contributed by atoms with Crippen LogP contribution in [0.5, 0.6) is 0 Å². The first-order valence-corrected chi connectivity index (χ1v) is 18.7. The molecule has 54 heavy (non-hydrogen) atoms. The normalized spacial score (nSPS) is 12.9. The lowest BCUT2D eigenvalue weighted by Crippen LogP contribution is -2.17. The minimum atomic E-state index is 0.899. The van der Waals surface area contributed by atoms with E-state index in [1.165, 1.54) is 66.4 Å². The minimum absolute atomic E-state index is 0.899. The summed E-state index contributed by atoms with van der Waals surface area (Å²) >= 11 is 0. The van der Waals surface area contributed by atoms with Gasteiger partial charge >= 0.3 is 0 Å². The smallest absolute Gasteiger partial charge is 0.142 e. The van der Waals surface area contributed by atoms with Crippen LogP contribution in [-0.4, -0.2) is 0 Å². The van der Waals surface area contributed by atoms with Crippen molar-refractivity contribution >= 4 is 49.7 Å². The van der Waals surface area contributed by atoms with E-state index in [2.05, 4.69) is 199 Å². The van der Waals surface area contributed by atoms with Crippen molar-refractivity contribution in [1.29, 1.82) is 0 Å². The van der Waals surface area contributed by atoms with Crippen LogP contribution in [0.15, 0.2) is 210 Å². The molecule has 1 aliphatic rings. The maximum absolute atomic E-state index is 6.43. The largest absolute Gasteiger partial charge is 0.455 e. The van der Waals surface area contributed by atoms with E-state index >= 15 is 0 Å². The van der Waals surface area contributed by atoms with Crippen molar-refractivity contribution < 1.29 is 4.42 Å². The van der Waals surface area contributed by atoms with Gasteiger partial charge in [-0.25, -0.2) is 0 Å². The zero-order valence-electron chi connectivity index (χ0n) is 29.8. The van der Waals surface area contributed by atoms with Crippen LogP contribution >= 0.6 is 0 Å². The average molecular weight is 692 g/mol. The summed E-state index contributed by atoms with van der Waals surface area (Å²) in [6.45, 7) is 0. The van der Waals surface area contributed by atoms with Crippen molar-refractivity contribution in [3.8, 4) is 33.4 Å². The minimum Gasteiger partial charge on any atom is -0.455 e. The predicted molar refractivity (Wildman–Crippen MR) is 228 cm³/mol. The van der Waals surface area contributed by atoms with Crippen LogP contribution in [0.4, 0.5) is 11.4 Å². The molecule has 10 rings (SSSR count). The van der Waals surface area contributed by atoms with Crippen molar-refractivity contribution in [2.45, 2.75) is 12.8 Å². The summed E-state index contributed by atoms with van der Waals surface area (Å²) in [5.74, 6) is 0. The molecule has 0 aliphatic heterocycles. The number of nitrogens with zero attached hydrogens (tertiary/aromatic N) is 1. The van der Waals surface area contributed by atoms with Gasteiger partial charge in [0.2, 0.25) is 0 Å². The Balaban J connectivity index is 1.02. The number of hydrogen-bond acceptors (Lipinski definition) is 2. The van der Waals surface area contributed by atoms with Crippen LogP contribution in [0.3, 0.4) is 0 Å². The van der Waals surface area contributed by atoms with Crippen LogP contribution in [0.25, 0.3) is 71.7 Å². The maximum atomic E-state index is 6.43. The molecule has 256 valence electrons. The van der Waals surface area contributed by atoms with Crippen LogP contribution in [0.1, 0.15) is 18.4 Å². The molecule has 0 saturated heterocycles. The Morgan fingerprint density at radius 3 is 1.61 bits per heavy atom. The fraction of sp³-hybridized carbons (Fsp3) is 0.0385. The van der Waals surface area contributed by atoms with Crippen LogP contribution in [-0.2, 0) is 0 Å². The first kappa shape index (κ1) is 31.8. The van der Waals surface area contributed by atoms with Crippen molar-refractivity contribution in [3.05, 3.63) is 211 Å². The number of para-hydroxylation sites is 2. The van der Waals surface area contributed by atoms with Gasteiger partial charge in [-0.3, -0.25) is 0 Å². The van der Waals surface area contributed by atoms with E-state index in [0.717, 1.165) is 40.8 Å². The van der Waals surface area contributed by atoms with Crippen molar-refractivity contribution in [2.75, 3.05) is 4.90 Å². The number of fused-ring (bicyclic) bond motifs is 4. The van der Waals surface area contributed by atoms with Gasteiger partial charge in [-0.15, -0.1) is 0 Å². The monoisotopic (exact) mass is 691 g/mol. The molecule has 0 atom stereocenters. The fourth-order valence-corrected chi connectivity index (χ4v) is 8.07. The standard InChI is InChI=1S/C52H37NO/c1-2-10-36(11-3-1)37-20-22-38(23-21-37)39-24-30-43(31-25-39)53(44-32-26-41(27-33-44)47-16-8-13-40-12-4-5-14-46(40)47)45-34-28-42(29-35-45)48-17-9-18-50-49-15-6-7-19-51(49)54-52(48)50/h1-28,30-34H,29,35H2. The number of hydrogen-bond donors (Lipinski definition) is 0. The maximum Gasteiger partial charge on any atom is 0.142 e. The first-order chi connectivity index (χ1) is 26.8. The molecule has 9 aromatic rings. The Morgan fingerprint density at radius 2 is 0.907 bits per heavy atom. The first-order valence-electron chi connectivity index (χ1n) is 18.7. The Hall–Kier alpha value is -6.90. The molecule has 0 N–H and O–H groups in total. The molecule has 0 saturated carbocycles. The highest BCUT2D eigenvalue weighted by Gasteiger charge is 2.21. The summed E-state index contributed by atoms with van der Waals surface area (Å²) < 4.78 is 6.43. The second kappa shape index (κ2) is 13.6. The van der Waals surface area contributed by atoms with Crippen molar-refractivity contribution in [1.82, 2.24) is 0 Å². The number of furan rings is 1. The summed E-state index contributed by atoms with van der Waals surface area (Å²) in [5.41, 5.74) is 15.2. The highest BCUT2D eigenvalue weighted by atomic mass is 16.3. The lowest BCUT2D eigenvalue weighted by molar-refractivity contribution is 0.667. The van der Waals surface area contributed by atoms with E-state index in [4.69, 9.17) is 4.42 Å². The molecule has 0 fully saturated rings. The molecule has 0 unspecified atom stereocenters. The third-order valence-electron chi connectivity index (χ3n) is 10.8. The lowest BCUT2D eigenvalue weighted by Gasteiger charge is -2.30. The fourth-order valence-electron chi connectivity index (χ4n) is 8.07. The lowest BCUT2D eigenvalue weighted by atomic mass is 9.93. The number of allylic oxidation sites excluding steroid dienone is 4. The molecule has 0 amide bonds. The zero-order chi connectivity index (χ0) is 35.8. The highest BCUT2D eigenvalue weighted by Crippen LogP contribution is 2.41. The van der Waals surface area contributed by atoms with Gasteiger partial charge in [-0.2, -0.15) is 0 Å². The summed E-state index contributed by atoms with van der Waals surface area (Å²) in [5, 5.41) is 4.85. The van der Waals surface area contributed by atoms with Gasteiger partial charge in [0.25, 0.3) is 0 Å². The SMILES string of the molecule is C1=C(c2cccc3c2oc2ccccc23)CCC(N(c2ccc(-c3ccc(-c4ccccc4)cc3)cc2)c2ccc(-c3cccc4ccccc34)cc2)=C1. The van der Waals surface area contributed by atoms with Crippen LogP contribution in [0, 0.1) is 0 Å². The molecule has 0 radical (unpaired) electrons. The van der Waals surface area contributed by atoms with Gasteiger partial charge in [0.05, 0.1) is 0 Å². The van der Waals surface area contributed by atoms with E-state index in [1.807, 2.05) is 6.07 Å². The Kier molecular flexibility index (Phi) is 8.00. The molecule has 0 spiro atoms. The van der Waals surface area contributed by atoms with Gasteiger partial charge in [-0.05, 0) is 99.0 Å². The van der Waals surface area contributed by atoms with Gasteiger partial charge in [0.1, 0.15) is 11.2 Å². The summed E-state index contributed by atoms with van der Waals surface area (Å²) in [4.78, 5) is 2.42. The third-order valence-corrected chi connectivity index (χ3v) is 10.8. The van der Waals surface area contributed by atoms with E-state index in [1.54, 1.807) is 0 Å². The second-order valence-electron chi connectivity index (χ2n) is 14.0. The highest BCUT2D eigenvalue weighted by molar-refractivity contribution is 6.08. The molecule has 1 heterocycles. The van der Waals surface area contributed by atoms with Gasteiger partial charge < -0.3 is 9.32 Å². The number of rotatable bonds is 7. The molecule has 0 bridgehead atoms. The molecule has 8 aromatic carbocycles. The predicted octanol–water partition coefficient (Wildman–Crippen LogP) is 14.6. The summed E-state index contributed by atoms with van der Waals surface area (Å²) in [6, 6.07) is 67.5. The van der Waals surface area contributed by atoms with Crippen LogP contribution < -0.4 is 4.90 Å². The molecule has 1 aliphatic carbocycles. The van der Waals surface area contributed by atoms with Crippen molar-refractivity contribution in [2.24, 2.45) is 0 Å². The van der Waals surface area contributed by atoms with Gasteiger partial charge in [-0.1, -0.05) is 164 Å². The summed E-state index contributed by atoms with van der Waals surface area (Å²) in [6.07, 6.45) is 6.41. The molecule has 2 nitrogen and oxygen atoms in total. The van der Waals surface area contributed by atoms with E-state index < -0.39 is 0 Å². The zero-order valence-corrected chi connectivity index (χ0v) is 29.8. The summed E-state index contributed by atoms with van der Waals surface area (Å²) in [7, 11) is 0.